The molecule has 0 bridgehead atoms. The minimum Gasteiger partial charge on any atom is -0.494 e. The van der Waals surface area contributed by atoms with Crippen LogP contribution < -0.4 is 10.5 Å². The van der Waals surface area contributed by atoms with Gasteiger partial charge >= 0.3 is 0 Å². The van der Waals surface area contributed by atoms with Crippen LogP contribution in [0.4, 0.5) is 4.39 Å². The average Bonchev–Trinajstić information content (AvgIpc) is 2.39. The molecule has 1 fully saturated rings. The van der Waals surface area contributed by atoms with E-state index >= 15 is 0 Å². The van der Waals surface area contributed by atoms with Crippen LogP contribution in [0.25, 0.3) is 0 Å². The van der Waals surface area contributed by atoms with Crippen molar-refractivity contribution >= 4 is 22.4 Å². The highest BCUT2D eigenvalue weighted by molar-refractivity contribution is 7.89. The summed E-state index contributed by atoms with van der Waals surface area (Å²) in [6.45, 7) is 0.734. The van der Waals surface area contributed by atoms with E-state index in [9.17, 15) is 12.8 Å². The highest BCUT2D eigenvalue weighted by Gasteiger charge is 2.29. The van der Waals surface area contributed by atoms with Gasteiger partial charge in [-0.2, -0.15) is 4.31 Å². The van der Waals surface area contributed by atoms with Gasteiger partial charge in [0.15, 0.2) is 11.6 Å². The largest absolute Gasteiger partial charge is 0.494 e. The second kappa shape index (κ2) is 6.71. The number of hydrogen-bond donors (Lipinski definition) is 1. The Morgan fingerprint density at radius 1 is 1.45 bits per heavy atom. The van der Waals surface area contributed by atoms with Crippen molar-refractivity contribution in [2.24, 2.45) is 5.73 Å². The Hall–Kier alpha value is -0.890. The van der Waals surface area contributed by atoms with Gasteiger partial charge in [-0.15, -0.1) is 12.4 Å². The Morgan fingerprint density at radius 2 is 2.15 bits per heavy atom. The molecular weight excluding hydrogens is 307 g/mol. The third-order valence-corrected chi connectivity index (χ3v) is 5.04. The number of methoxy groups -OCH3 is 1. The smallest absolute Gasteiger partial charge is 0.243 e. The SMILES string of the molecule is COc1cc(S(=O)(=O)N2CCCC(N)C2)ccc1F.Cl. The number of nitrogens with two attached hydrogens (primary N) is 1. The van der Waals surface area contributed by atoms with Gasteiger partial charge in [-0.1, -0.05) is 0 Å². The first-order chi connectivity index (χ1) is 8.95. The molecule has 0 aliphatic carbocycles. The summed E-state index contributed by atoms with van der Waals surface area (Å²) in [7, 11) is -2.34. The zero-order valence-electron chi connectivity index (χ0n) is 11.1. The highest BCUT2D eigenvalue weighted by atomic mass is 35.5. The minimum absolute atomic E-state index is 0. The van der Waals surface area contributed by atoms with E-state index in [2.05, 4.69) is 0 Å². The fourth-order valence-electron chi connectivity index (χ4n) is 2.14. The fraction of sp³-hybridized carbons (Fsp3) is 0.500. The van der Waals surface area contributed by atoms with Gasteiger partial charge in [0.05, 0.1) is 12.0 Å². The van der Waals surface area contributed by atoms with E-state index in [1.807, 2.05) is 0 Å². The molecule has 114 valence electrons. The van der Waals surface area contributed by atoms with E-state index in [4.69, 9.17) is 10.5 Å². The number of hydrogen-bond acceptors (Lipinski definition) is 4. The Kier molecular flexibility index (Phi) is 5.76. The molecule has 0 saturated carbocycles. The zero-order chi connectivity index (χ0) is 14.0. The summed E-state index contributed by atoms with van der Waals surface area (Å²) in [6, 6.07) is 3.39. The lowest BCUT2D eigenvalue weighted by Crippen LogP contribution is -2.45. The van der Waals surface area contributed by atoms with Crippen molar-refractivity contribution in [2.75, 3.05) is 20.2 Å². The van der Waals surface area contributed by atoms with Crippen LogP contribution in [0.3, 0.4) is 0 Å². The summed E-state index contributed by atoms with van der Waals surface area (Å²) in [5, 5.41) is 0. The minimum atomic E-state index is -3.64. The molecule has 0 spiro atoms. The lowest BCUT2D eigenvalue weighted by Gasteiger charge is -2.29. The van der Waals surface area contributed by atoms with E-state index < -0.39 is 15.8 Å². The van der Waals surface area contributed by atoms with E-state index in [1.165, 1.54) is 23.5 Å². The van der Waals surface area contributed by atoms with Gasteiger partial charge in [-0.05, 0) is 25.0 Å². The second-order valence-electron chi connectivity index (χ2n) is 4.56. The predicted molar refractivity (Wildman–Crippen MR) is 76.2 cm³/mol. The van der Waals surface area contributed by atoms with Gasteiger partial charge in [0.25, 0.3) is 0 Å². The first kappa shape index (κ1) is 17.2. The first-order valence-electron chi connectivity index (χ1n) is 6.04. The van der Waals surface area contributed by atoms with Gasteiger partial charge in [0.1, 0.15) is 0 Å². The summed E-state index contributed by atoms with van der Waals surface area (Å²) >= 11 is 0. The standard InChI is InChI=1S/C12H17FN2O3S.ClH/c1-18-12-7-10(4-5-11(12)13)19(16,17)15-6-2-3-9(14)8-15;/h4-5,7,9H,2-3,6,8,14H2,1H3;1H. The third-order valence-electron chi connectivity index (χ3n) is 3.18. The van der Waals surface area contributed by atoms with E-state index in [0.717, 1.165) is 18.9 Å². The van der Waals surface area contributed by atoms with Crippen molar-refractivity contribution in [3.05, 3.63) is 24.0 Å². The van der Waals surface area contributed by atoms with Crippen LogP contribution >= 0.6 is 12.4 Å². The first-order valence-corrected chi connectivity index (χ1v) is 7.48. The molecule has 2 N–H and O–H groups in total. The molecule has 1 atom stereocenters. The molecule has 0 aromatic heterocycles. The van der Waals surface area contributed by atoms with Crippen LogP contribution in [0.2, 0.25) is 0 Å². The van der Waals surface area contributed by atoms with Crippen molar-refractivity contribution in [2.45, 2.75) is 23.8 Å². The number of rotatable bonds is 3. The van der Waals surface area contributed by atoms with E-state index in [-0.39, 0.29) is 29.1 Å². The van der Waals surface area contributed by atoms with E-state index in [0.29, 0.717) is 13.1 Å². The molecule has 1 saturated heterocycles. The summed E-state index contributed by atoms with van der Waals surface area (Å²) in [4.78, 5) is 0.0276. The number of sulfonamides is 1. The summed E-state index contributed by atoms with van der Waals surface area (Å²) in [5.74, 6) is -0.667. The van der Waals surface area contributed by atoms with Gasteiger partial charge in [0, 0.05) is 25.2 Å². The van der Waals surface area contributed by atoms with Gasteiger partial charge in [-0.25, -0.2) is 12.8 Å². The number of nitrogens with zero attached hydrogens (tertiary/aromatic N) is 1. The molecule has 0 amide bonds. The molecule has 0 radical (unpaired) electrons. The molecule has 1 aliphatic rings. The predicted octanol–water partition coefficient (Wildman–Crippen LogP) is 1.37. The molecule has 5 nitrogen and oxygen atoms in total. The van der Waals surface area contributed by atoms with Crippen LogP contribution in [-0.2, 0) is 10.0 Å². The molecule has 1 aromatic carbocycles. The van der Waals surface area contributed by atoms with Crippen LogP contribution in [-0.4, -0.2) is 39.0 Å². The Balaban J connectivity index is 0.00000200. The van der Waals surface area contributed by atoms with Crippen molar-refractivity contribution in [1.82, 2.24) is 4.31 Å². The van der Waals surface area contributed by atoms with Gasteiger partial charge < -0.3 is 10.5 Å². The molecule has 8 heteroatoms. The van der Waals surface area contributed by atoms with Gasteiger partial charge in [0.2, 0.25) is 10.0 Å². The summed E-state index contributed by atoms with van der Waals surface area (Å²) in [6.07, 6.45) is 1.55. The van der Waals surface area contributed by atoms with Crippen LogP contribution in [0.1, 0.15) is 12.8 Å². The average molecular weight is 325 g/mol. The summed E-state index contributed by atoms with van der Waals surface area (Å²) in [5.41, 5.74) is 5.79. The molecule has 1 aliphatic heterocycles. The quantitative estimate of drug-likeness (QED) is 0.911. The monoisotopic (exact) mass is 324 g/mol. The van der Waals surface area contributed by atoms with Crippen molar-refractivity contribution in [3.8, 4) is 5.75 Å². The topological polar surface area (TPSA) is 72.6 Å². The van der Waals surface area contributed by atoms with Crippen LogP contribution in [0, 0.1) is 5.82 Å². The summed E-state index contributed by atoms with van der Waals surface area (Å²) < 4.78 is 44.3. The van der Waals surface area contributed by atoms with Crippen LogP contribution in [0.5, 0.6) is 5.75 Å². The van der Waals surface area contributed by atoms with Crippen molar-refractivity contribution in [1.29, 1.82) is 0 Å². The lowest BCUT2D eigenvalue weighted by atomic mass is 10.1. The fourth-order valence-corrected chi connectivity index (χ4v) is 3.69. The molecule has 2 rings (SSSR count). The molecule has 1 heterocycles. The lowest BCUT2D eigenvalue weighted by molar-refractivity contribution is 0.315. The van der Waals surface area contributed by atoms with E-state index in [1.54, 1.807) is 0 Å². The van der Waals surface area contributed by atoms with Crippen LogP contribution in [0.15, 0.2) is 23.1 Å². The highest BCUT2D eigenvalue weighted by Crippen LogP contribution is 2.25. The Morgan fingerprint density at radius 3 is 2.75 bits per heavy atom. The Bertz CT molecular complexity index is 568. The number of benzene rings is 1. The number of piperidine rings is 1. The molecule has 20 heavy (non-hydrogen) atoms. The normalized spacial score (nSPS) is 20.2. The number of halogens is 2. The Labute approximate surface area is 124 Å². The zero-order valence-corrected chi connectivity index (χ0v) is 12.7. The van der Waals surface area contributed by atoms with Crippen molar-refractivity contribution in [3.63, 3.8) is 0 Å². The maximum absolute atomic E-state index is 13.3. The molecule has 1 aromatic rings. The molecular formula is C12H18ClFN2O3S. The molecule has 1 unspecified atom stereocenters. The second-order valence-corrected chi connectivity index (χ2v) is 6.50. The van der Waals surface area contributed by atoms with Gasteiger partial charge in [-0.3, -0.25) is 0 Å². The number of ether oxygens (including phenoxy) is 1. The maximum atomic E-state index is 13.3. The third kappa shape index (κ3) is 3.41. The van der Waals surface area contributed by atoms with Crippen molar-refractivity contribution < 1.29 is 17.5 Å². The maximum Gasteiger partial charge on any atom is 0.243 e.